The van der Waals surface area contributed by atoms with Crippen LogP contribution in [0.4, 0.5) is 0 Å². The molecule has 226 valence electrons. The van der Waals surface area contributed by atoms with Gasteiger partial charge in [0.1, 0.15) is 18.3 Å². The summed E-state index contributed by atoms with van der Waals surface area (Å²) >= 11 is 0. The van der Waals surface area contributed by atoms with Gasteiger partial charge in [0.2, 0.25) is 0 Å². The highest BCUT2D eigenvalue weighted by Crippen LogP contribution is 2.32. The Hall–Kier alpha value is -2.10. The van der Waals surface area contributed by atoms with E-state index in [1.165, 1.54) is 0 Å². The number of ether oxygens (including phenoxy) is 2. The number of cyclic esters (lactones) is 1. The molecule has 4 N–H and O–H groups in total. The number of carbonyl (C=O) groups is 2. The molecule has 40 heavy (non-hydrogen) atoms. The van der Waals surface area contributed by atoms with Crippen molar-refractivity contribution >= 4 is 11.8 Å². The minimum Gasteiger partial charge on any atom is -0.457 e. The molecule has 9 unspecified atom stereocenters. The Balaban J connectivity index is 2.13. The molecule has 0 aliphatic carbocycles. The predicted molar refractivity (Wildman–Crippen MR) is 154 cm³/mol. The number of rotatable bonds is 1. The Morgan fingerprint density at radius 2 is 1.70 bits per heavy atom. The minimum atomic E-state index is -1.70. The fourth-order valence-corrected chi connectivity index (χ4v) is 5.17. The largest absolute Gasteiger partial charge is 0.457 e. The molecule has 0 amide bonds. The summed E-state index contributed by atoms with van der Waals surface area (Å²) in [6.07, 6.45) is 6.52. The zero-order valence-corrected chi connectivity index (χ0v) is 24.8. The van der Waals surface area contributed by atoms with E-state index in [4.69, 9.17) is 9.47 Å². The van der Waals surface area contributed by atoms with Crippen molar-refractivity contribution in [1.82, 2.24) is 0 Å². The summed E-state index contributed by atoms with van der Waals surface area (Å²) in [5, 5.41) is 41.3. The number of epoxide rings is 1. The number of aliphatic hydroxyl groups is 4. The number of hydrogen-bond donors (Lipinski definition) is 4. The van der Waals surface area contributed by atoms with E-state index < -0.39 is 48.7 Å². The molecule has 0 aromatic carbocycles. The fraction of sp³-hybridized carbons (Fsp3) is 0.688. The number of hydrogen-bond acceptors (Lipinski definition) is 8. The first-order valence-corrected chi connectivity index (χ1v) is 14.6. The van der Waals surface area contributed by atoms with Crippen LogP contribution in [0.3, 0.4) is 0 Å². The number of Topliss-reactive ketones (excluding diaryl/α,β-unsaturated/α-hetero) is 1. The Bertz CT molecular complexity index is 951. The second-order valence-corrected chi connectivity index (χ2v) is 11.9. The number of esters is 1. The molecule has 2 heterocycles. The fourth-order valence-electron chi connectivity index (χ4n) is 5.17. The van der Waals surface area contributed by atoms with Crippen molar-refractivity contribution in [3.8, 4) is 0 Å². The van der Waals surface area contributed by atoms with Gasteiger partial charge in [0.05, 0.1) is 24.9 Å². The SMILES string of the molecule is C=C1/C=C(\C)C(C)CC(O)CC(=O)C(O)C(O)C(C)CC(CO)OC(=O)/C(C)=C/CC/C=C/C2OC2CC(C)C1. The van der Waals surface area contributed by atoms with Crippen LogP contribution in [0.1, 0.15) is 79.6 Å². The van der Waals surface area contributed by atoms with Crippen LogP contribution in [-0.4, -0.2) is 75.4 Å². The average Bonchev–Trinajstić information content (AvgIpc) is 3.62. The van der Waals surface area contributed by atoms with Gasteiger partial charge in [0.25, 0.3) is 0 Å². The predicted octanol–water partition coefficient (Wildman–Crippen LogP) is 3.97. The Labute approximate surface area is 239 Å². The van der Waals surface area contributed by atoms with Crippen molar-refractivity contribution in [2.24, 2.45) is 17.8 Å². The van der Waals surface area contributed by atoms with Gasteiger partial charge in [0, 0.05) is 12.0 Å². The standard InChI is InChI=1S/C32H50O8/c1-19-12-20(2)14-29-28(40-29)11-9-7-8-10-21(3)32(38)39-26(18-33)16-24(6)30(36)31(37)27(35)17-25(34)15-23(5)22(4)13-19/h9-11,13,20,23-26,28-31,33-34,36-37H,1,7-8,12,14-18H2,2-6H3/b11-9+,21-10+,22-13+. The number of fused-ring (bicyclic) bond motifs is 1. The molecular weight excluding hydrogens is 512 g/mol. The molecule has 8 nitrogen and oxygen atoms in total. The van der Waals surface area contributed by atoms with Gasteiger partial charge in [-0.15, -0.1) is 0 Å². The lowest BCUT2D eigenvalue weighted by molar-refractivity contribution is -0.149. The number of aliphatic hydroxyl groups excluding tert-OH is 4. The molecule has 0 aromatic heterocycles. The van der Waals surface area contributed by atoms with Gasteiger partial charge in [-0.1, -0.05) is 62.8 Å². The molecular formula is C32H50O8. The van der Waals surface area contributed by atoms with E-state index in [-0.39, 0.29) is 31.0 Å². The van der Waals surface area contributed by atoms with Gasteiger partial charge in [0.15, 0.2) is 5.78 Å². The van der Waals surface area contributed by atoms with Gasteiger partial charge < -0.3 is 29.9 Å². The van der Waals surface area contributed by atoms with Gasteiger partial charge in [-0.2, -0.15) is 0 Å². The molecule has 0 aromatic rings. The summed E-state index contributed by atoms with van der Waals surface area (Å²) in [5.74, 6) is -1.49. The van der Waals surface area contributed by atoms with Gasteiger partial charge >= 0.3 is 5.97 Å². The second-order valence-electron chi connectivity index (χ2n) is 11.9. The molecule has 9 atom stereocenters. The van der Waals surface area contributed by atoms with Crippen LogP contribution in [0.5, 0.6) is 0 Å². The highest BCUT2D eigenvalue weighted by molar-refractivity contribution is 5.87. The number of ketones is 1. The van der Waals surface area contributed by atoms with E-state index in [1.807, 2.05) is 19.9 Å². The summed E-state index contributed by atoms with van der Waals surface area (Å²) in [7, 11) is 0. The van der Waals surface area contributed by atoms with E-state index in [0.717, 1.165) is 30.4 Å². The lowest BCUT2D eigenvalue weighted by Gasteiger charge is -2.27. The molecule has 0 spiro atoms. The van der Waals surface area contributed by atoms with E-state index in [2.05, 4.69) is 25.7 Å². The topological polar surface area (TPSA) is 137 Å². The highest BCUT2D eigenvalue weighted by atomic mass is 16.6. The maximum atomic E-state index is 12.6. The molecule has 8 heteroatoms. The first-order chi connectivity index (χ1) is 18.8. The van der Waals surface area contributed by atoms with E-state index >= 15 is 0 Å². The summed E-state index contributed by atoms with van der Waals surface area (Å²) in [6, 6.07) is 0. The molecule has 1 fully saturated rings. The van der Waals surface area contributed by atoms with Crippen molar-refractivity contribution in [2.75, 3.05) is 6.61 Å². The third kappa shape index (κ3) is 11.4. The molecule has 0 bridgehead atoms. The van der Waals surface area contributed by atoms with Crippen molar-refractivity contribution < 1.29 is 39.5 Å². The summed E-state index contributed by atoms with van der Waals surface area (Å²) in [5.41, 5.74) is 2.47. The van der Waals surface area contributed by atoms with E-state index in [9.17, 15) is 30.0 Å². The van der Waals surface area contributed by atoms with Gasteiger partial charge in [-0.3, -0.25) is 4.79 Å². The van der Waals surface area contributed by atoms with Crippen LogP contribution in [-0.2, 0) is 19.1 Å². The minimum absolute atomic E-state index is 0.00630. The Morgan fingerprint density at radius 1 is 1.00 bits per heavy atom. The summed E-state index contributed by atoms with van der Waals surface area (Å²) < 4.78 is 11.2. The monoisotopic (exact) mass is 562 g/mol. The molecule has 0 radical (unpaired) electrons. The highest BCUT2D eigenvalue weighted by Gasteiger charge is 2.37. The maximum Gasteiger partial charge on any atom is 0.333 e. The second kappa shape index (κ2) is 16.4. The van der Waals surface area contributed by atoms with E-state index in [1.54, 1.807) is 19.9 Å². The van der Waals surface area contributed by atoms with Gasteiger partial charge in [-0.25, -0.2) is 4.79 Å². The quantitative estimate of drug-likeness (QED) is 0.214. The zero-order valence-electron chi connectivity index (χ0n) is 24.8. The molecule has 2 rings (SSSR count). The lowest BCUT2D eigenvalue weighted by atomic mass is 9.88. The van der Waals surface area contributed by atoms with Crippen molar-refractivity contribution in [2.45, 2.75) is 116 Å². The Morgan fingerprint density at radius 3 is 2.38 bits per heavy atom. The smallest absolute Gasteiger partial charge is 0.333 e. The maximum absolute atomic E-state index is 12.6. The van der Waals surface area contributed by atoms with Crippen molar-refractivity contribution in [3.05, 3.63) is 47.6 Å². The van der Waals surface area contributed by atoms with Crippen molar-refractivity contribution in [1.29, 1.82) is 0 Å². The summed E-state index contributed by atoms with van der Waals surface area (Å²) in [6.45, 7) is 13.1. The van der Waals surface area contributed by atoms with Crippen LogP contribution in [0.25, 0.3) is 0 Å². The van der Waals surface area contributed by atoms with Crippen LogP contribution < -0.4 is 0 Å². The van der Waals surface area contributed by atoms with E-state index in [0.29, 0.717) is 24.3 Å². The normalized spacial score (nSPS) is 40.1. The average molecular weight is 563 g/mol. The molecule has 1 saturated heterocycles. The number of allylic oxidation sites excluding steroid dienone is 5. The number of carbonyl (C=O) groups excluding carboxylic acids is 2. The third-order valence-corrected chi connectivity index (χ3v) is 7.92. The van der Waals surface area contributed by atoms with Crippen LogP contribution in [0.15, 0.2) is 47.6 Å². The molecule has 0 saturated carbocycles. The summed E-state index contributed by atoms with van der Waals surface area (Å²) in [4.78, 5) is 25.1. The lowest BCUT2D eigenvalue weighted by Crippen LogP contribution is -2.41. The molecule has 2 aliphatic rings. The first-order valence-electron chi connectivity index (χ1n) is 14.6. The van der Waals surface area contributed by atoms with Crippen molar-refractivity contribution in [3.63, 3.8) is 0 Å². The Kier molecular flexibility index (Phi) is 14.0. The van der Waals surface area contributed by atoms with Crippen LogP contribution >= 0.6 is 0 Å². The first kappa shape index (κ1) is 34.1. The zero-order chi connectivity index (χ0) is 30.0. The third-order valence-electron chi connectivity index (χ3n) is 7.92. The van der Waals surface area contributed by atoms with Gasteiger partial charge in [-0.05, 0) is 70.1 Å². The molecule has 2 aliphatic heterocycles. The van der Waals surface area contributed by atoms with Crippen LogP contribution in [0, 0.1) is 17.8 Å². The van der Waals surface area contributed by atoms with Crippen LogP contribution in [0.2, 0.25) is 0 Å².